The van der Waals surface area contributed by atoms with Crippen molar-refractivity contribution in [3.8, 4) is 0 Å². The topological polar surface area (TPSA) is 86.6 Å². The number of hydrogen-bond donors (Lipinski definition) is 2. The van der Waals surface area contributed by atoms with Gasteiger partial charge >= 0.3 is 11.9 Å². The standard InChI is InChI=1S/C57H41N3O4/c1-40-9-11-45(12-10-40)37-53(48-7-5-4-6-8-48)49-29-35-52(36-30-49)60(50-31-25-43(26-32-50)15-13-41-17-21-46(22-18-41)38-54(58-2)56(61)62)51-33-27-44(28-34-51)16-14-42-19-23-47(24-20-42)39-55(59-3)57(63)64/h4-39H,1H3,(H,61,62)(H,63,64). The van der Waals surface area contributed by atoms with Crippen molar-refractivity contribution >= 4 is 77.1 Å². The number of anilines is 3. The van der Waals surface area contributed by atoms with Crippen LogP contribution < -0.4 is 4.90 Å². The Hall–Kier alpha value is -9.04. The van der Waals surface area contributed by atoms with E-state index in [4.69, 9.17) is 13.1 Å². The number of nitrogens with zero attached hydrogens (tertiary/aromatic N) is 3. The summed E-state index contributed by atoms with van der Waals surface area (Å²) < 4.78 is 0. The van der Waals surface area contributed by atoms with Gasteiger partial charge in [-0.15, -0.1) is 0 Å². The first-order valence-electron chi connectivity index (χ1n) is 20.3. The molecule has 7 aromatic rings. The molecule has 64 heavy (non-hydrogen) atoms. The second kappa shape index (κ2) is 20.5. The third-order valence-electron chi connectivity index (χ3n) is 10.3. The Morgan fingerprint density at radius 2 is 0.734 bits per heavy atom. The zero-order valence-corrected chi connectivity index (χ0v) is 34.8. The highest BCUT2D eigenvalue weighted by Gasteiger charge is 2.14. The smallest absolute Gasteiger partial charge is 0.333 e. The Bertz CT molecular complexity index is 2860. The van der Waals surface area contributed by atoms with Crippen LogP contribution in [0.5, 0.6) is 0 Å². The first-order chi connectivity index (χ1) is 31.1. The van der Waals surface area contributed by atoms with Crippen LogP contribution in [0, 0.1) is 20.1 Å². The number of aliphatic carboxylic acids is 2. The van der Waals surface area contributed by atoms with Gasteiger partial charge in [0.1, 0.15) is 0 Å². The van der Waals surface area contributed by atoms with E-state index in [0.717, 1.165) is 61.6 Å². The number of aryl methyl sites for hydroxylation is 1. The summed E-state index contributed by atoms with van der Waals surface area (Å²) in [6.07, 6.45) is 13.0. The van der Waals surface area contributed by atoms with E-state index in [0.29, 0.717) is 11.1 Å². The van der Waals surface area contributed by atoms with Gasteiger partial charge in [0.25, 0.3) is 11.4 Å². The van der Waals surface area contributed by atoms with Crippen LogP contribution in [-0.4, -0.2) is 22.2 Å². The van der Waals surface area contributed by atoms with E-state index < -0.39 is 11.9 Å². The van der Waals surface area contributed by atoms with Crippen LogP contribution in [-0.2, 0) is 9.59 Å². The summed E-state index contributed by atoms with van der Waals surface area (Å²) in [5, 5.41) is 18.4. The van der Waals surface area contributed by atoms with Gasteiger partial charge in [0.2, 0.25) is 0 Å². The SMILES string of the molecule is [C-]#[N+]C(=Cc1ccc(C=Cc2ccc(N(c3ccc(C=Cc4ccc(C=C([N+]#[C-])C(=O)O)cc4)cc3)c3ccc(C(=Cc4ccc(C)cc4)c4ccccc4)cc3)cc2)cc1)C(=O)O. The van der Waals surface area contributed by atoms with Gasteiger partial charge in [0, 0.05) is 17.1 Å². The zero-order chi connectivity index (χ0) is 44.8. The first kappa shape index (κ1) is 43.1. The van der Waals surface area contributed by atoms with Gasteiger partial charge in [0.15, 0.2) is 0 Å². The Labute approximate surface area is 373 Å². The molecule has 0 unspecified atom stereocenters. The highest BCUT2D eigenvalue weighted by atomic mass is 16.4. The molecule has 0 aliphatic carbocycles. The molecule has 7 nitrogen and oxygen atoms in total. The van der Waals surface area contributed by atoms with E-state index in [2.05, 4.69) is 149 Å². The monoisotopic (exact) mass is 831 g/mol. The average molecular weight is 832 g/mol. The van der Waals surface area contributed by atoms with Crippen LogP contribution in [0.25, 0.3) is 57.8 Å². The summed E-state index contributed by atoms with van der Waals surface area (Å²) in [5.41, 5.74) is 13.1. The Morgan fingerprint density at radius 1 is 0.422 bits per heavy atom. The Balaban J connectivity index is 1.18. The number of carboxylic acids is 2. The van der Waals surface area contributed by atoms with Gasteiger partial charge in [-0.3, -0.25) is 9.59 Å². The molecule has 0 radical (unpaired) electrons. The molecule has 7 aromatic carbocycles. The number of hydrogen-bond acceptors (Lipinski definition) is 3. The van der Waals surface area contributed by atoms with Gasteiger partial charge in [-0.25, -0.2) is 9.69 Å². The third kappa shape index (κ3) is 11.2. The van der Waals surface area contributed by atoms with Gasteiger partial charge in [0.05, 0.1) is 13.1 Å². The van der Waals surface area contributed by atoms with Crippen molar-refractivity contribution in [3.63, 3.8) is 0 Å². The molecular formula is C57H41N3O4. The van der Waals surface area contributed by atoms with Crippen molar-refractivity contribution in [1.82, 2.24) is 0 Å². The molecule has 308 valence electrons. The Kier molecular flexibility index (Phi) is 13.8. The molecular weight excluding hydrogens is 791 g/mol. The highest BCUT2D eigenvalue weighted by molar-refractivity contribution is 5.95. The lowest BCUT2D eigenvalue weighted by Gasteiger charge is -2.26. The van der Waals surface area contributed by atoms with E-state index in [1.807, 2.05) is 54.6 Å². The molecule has 0 heterocycles. The van der Waals surface area contributed by atoms with E-state index >= 15 is 0 Å². The van der Waals surface area contributed by atoms with Crippen LogP contribution in [0.2, 0.25) is 0 Å². The van der Waals surface area contributed by atoms with Crippen molar-refractivity contribution in [2.45, 2.75) is 6.92 Å². The molecule has 0 spiro atoms. The number of carbonyl (C=O) groups is 2. The maximum atomic E-state index is 11.3. The van der Waals surface area contributed by atoms with Crippen molar-refractivity contribution < 1.29 is 19.8 Å². The van der Waals surface area contributed by atoms with Gasteiger partial charge in [-0.2, -0.15) is 0 Å². The minimum Gasteiger partial charge on any atom is -0.486 e. The quantitative estimate of drug-likeness (QED) is 0.0647. The molecule has 0 fully saturated rings. The second-order valence-electron chi connectivity index (χ2n) is 14.8. The molecule has 0 aliphatic rings. The van der Waals surface area contributed by atoms with E-state index in [1.54, 1.807) is 24.3 Å². The van der Waals surface area contributed by atoms with Crippen molar-refractivity contribution in [2.24, 2.45) is 0 Å². The summed E-state index contributed by atoms with van der Waals surface area (Å²) in [7, 11) is 0. The molecule has 0 saturated heterocycles. The number of carboxylic acid groups (broad SMARTS) is 2. The lowest BCUT2D eigenvalue weighted by Crippen LogP contribution is -2.10. The fraction of sp³-hybridized carbons (Fsp3) is 0.0175. The second-order valence-corrected chi connectivity index (χ2v) is 14.8. The molecule has 0 saturated carbocycles. The minimum atomic E-state index is -1.25. The van der Waals surface area contributed by atoms with E-state index in [-0.39, 0.29) is 11.4 Å². The molecule has 0 atom stereocenters. The molecule has 0 aromatic heterocycles. The van der Waals surface area contributed by atoms with Crippen LogP contribution in [0.3, 0.4) is 0 Å². The summed E-state index contributed by atoms with van der Waals surface area (Å²) in [6.45, 7) is 16.3. The zero-order valence-electron chi connectivity index (χ0n) is 34.8. The molecule has 2 N–H and O–H groups in total. The maximum absolute atomic E-state index is 11.3. The van der Waals surface area contributed by atoms with Crippen LogP contribution >= 0.6 is 0 Å². The first-order valence-corrected chi connectivity index (χ1v) is 20.3. The minimum absolute atomic E-state index is 0.334. The molecule has 7 rings (SSSR count). The van der Waals surface area contributed by atoms with Gasteiger partial charge in [-0.1, -0.05) is 169 Å². The fourth-order valence-corrected chi connectivity index (χ4v) is 6.88. The maximum Gasteiger partial charge on any atom is 0.333 e. The van der Waals surface area contributed by atoms with Crippen molar-refractivity contribution in [1.29, 1.82) is 0 Å². The number of benzene rings is 7. The highest BCUT2D eigenvalue weighted by Crippen LogP contribution is 2.37. The predicted octanol–water partition coefficient (Wildman–Crippen LogP) is 14.1. The van der Waals surface area contributed by atoms with E-state index in [1.165, 1.54) is 17.7 Å². The van der Waals surface area contributed by atoms with Gasteiger partial charge < -0.3 is 15.1 Å². The molecule has 0 aliphatic heterocycles. The fourth-order valence-electron chi connectivity index (χ4n) is 6.88. The van der Waals surface area contributed by atoms with Crippen molar-refractivity contribution in [2.75, 3.05) is 4.90 Å². The predicted molar refractivity (Wildman–Crippen MR) is 261 cm³/mol. The normalized spacial score (nSPS) is 11.9. The summed E-state index contributed by atoms with van der Waals surface area (Å²) >= 11 is 0. The van der Waals surface area contributed by atoms with Crippen LogP contribution in [0.1, 0.15) is 55.6 Å². The average Bonchev–Trinajstić information content (AvgIpc) is 3.33. The van der Waals surface area contributed by atoms with Gasteiger partial charge in [-0.05, 0) is 117 Å². The summed E-state index contributed by atoms with van der Waals surface area (Å²) in [5.74, 6) is -2.50. The molecule has 0 amide bonds. The van der Waals surface area contributed by atoms with E-state index in [9.17, 15) is 19.8 Å². The molecule has 7 heteroatoms. The summed E-state index contributed by atoms with van der Waals surface area (Å²) in [4.78, 5) is 30.9. The number of rotatable bonds is 14. The largest absolute Gasteiger partial charge is 0.486 e. The third-order valence-corrected chi connectivity index (χ3v) is 10.3. The van der Waals surface area contributed by atoms with Crippen LogP contribution in [0.15, 0.2) is 187 Å². The van der Waals surface area contributed by atoms with Crippen LogP contribution in [0.4, 0.5) is 17.1 Å². The summed E-state index contributed by atoms with van der Waals surface area (Å²) in [6, 6.07) is 58.9. The Morgan fingerprint density at radius 3 is 1.11 bits per heavy atom. The lowest BCUT2D eigenvalue weighted by atomic mass is 9.95. The van der Waals surface area contributed by atoms with Crippen molar-refractivity contribution in [3.05, 3.63) is 266 Å². The lowest BCUT2D eigenvalue weighted by molar-refractivity contribution is -0.133. The molecule has 0 bridgehead atoms.